The molecular formula is C21H16ClFN2O3. The van der Waals surface area contributed by atoms with Crippen LogP contribution >= 0.6 is 11.6 Å². The maximum atomic E-state index is 14.3. The van der Waals surface area contributed by atoms with Crippen LogP contribution in [-0.4, -0.2) is 16.7 Å². The molecule has 2 aromatic carbocycles. The number of halogens is 2. The number of ketones is 1. The van der Waals surface area contributed by atoms with Gasteiger partial charge in [-0.05, 0) is 48.4 Å². The number of aromatic amines is 1. The standard InChI is InChI=1S/C21H16ClFN2O3/c1-12(26)2-3-14-8-16-19(18(23)9-14)24-11-17(20(16)27)21(28)25-10-13-4-6-15(22)7-5-13/h2-9,11H,10H2,1H3,(H,24,27)(H,25,28). The maximum Gasteiger partial charge on any atom is 0.257 e. The number of carbonyl (C=O) groups is 2. The number of aromatic nitrogens is 1. The molecule has 0 saturated heterocycles. The Morgan fingerprint density at radius 2 is 1.93 bits per heavy atom. The Labute approximate surface area is 164 Å². The van der Waals surface area contributed by atoms with Crippen LogP contribution in [0.1, 0.15) is 28.4 Å². The third-order valence-electron chi connectivity index (χ3n) is 4.08. The van der Waals surface area contributed by atoms with E-state index in [0.717, 1.165) is 5.56 Å². The van der Waals surface area contributed by atoms with Gasteiger partial charge in [-0.15, -0.1) is 0 Å². The molecular weight excluding hydrogens is 383 g/mol. The minimum atomic E-state index is -0.647. The monoisotopic (exact) mass is 398 g/mol. The van der Waals surface area contributed by atoms with Crippen molar-refractivity contribution < 1.29 is 14.0 Å². The number of benzene rings is 2. The van der Waals surface area contributed by atoms with Crippen LogP contribution in [0.25, 0.3) is 17.0 Å². The predicted octanol–water partition coefficient (Wildman–Crippen LogP) is 3.85. The van der Waals surface area contributed by atoms with Crippen LogP contribution < -0.4 is 10.7 Å². The van der Waals surface area contributed by atoms with E-state index in [1.807, 2.05) is 0 Å². The SMILES string of the molecule is CC(=O)C=Cc1cc(F)c2[nH]cc(C(=O)NCc3ccc(Cl)cc3)c(=O)c2c1. The van der Waals surface area contributed by atoms with Crippen molar-refractivity contribution in [2.45, 2.75) is 13.5 Å². The summed E-state index contributed by atoms with van der Waals surface area (Å²) in [5.74, 6) is -1.43. The summed E-state index contributed by atoms with van der Waals surface area (Å²) in [6, 6.07) is 9.56. The molecule has 0 bridgehead atoms. The summed E-state index contributed by atoms with van der Waals surface area (Å²) in [6.45, 7) is 1.58. The van der Waals surface area contributed by atoms with E-state index in [1.54, 1.807) is 24.3 Å². The fourth-order valence-corrected chi connectivity index (χ4v) is 2.79. The lowest BCUT2D eigenvalue weighted by Crippen LogP contribution is -2.28. The summed E-state index contributed by atoms with van der Waals surface area (Å²) in [7, 11) is 0. The van der Waals surface area contributed by atoms with Gasteiger partial charge in [-0.25, -0.2) is 4.39 Å². The highest BCUT2D eigenvalue weighted by molar-refractivity contribution is 6.30. The van der Waals surface area contributed by atoms with Gasteiger partial charge in [0.15, 0.2) is 5.78 Å². The van der Waals surface area contributed by atoms with Gasteiger partial charge in [-0.2, -0.15) is 0 Å². The number of rotatable bonds is 5. The smallest absolute Gasteiger partial charge is 0.257 e. The van der Waals surface area contributed by atoms with E-state index in [-0.39, 0.29) is 28.8 Å². The second-order valence-electron chi connectivity index (χ2n) is 6.21. The van der Waals surface area contributed by atoms with Crippen molar-refractivity contribution in [1.82, 2.24) is 10.3 Å². The molecule has 0 saturated carbocycles. The average molecular weight is 399 g/mol. The molecule has 0 aliphatic carbocycles. The van der Waals surface area contributed by atoms with E-state index in [1.165, 1.54) is 37.4 Å². The predicted molar refractivity (Wildman–Crippen MR) is 107 cm³/mol. The van der Waals surface area contributed by atoms with E-state index in [9.17, 15) is 18.8 Å². The third-order valence-corrected chi connectivity index (χ3v) is 4.34. The van der Waals surface area contributed by atoms with Crippen LogP contribution in [-0.2, 0) is 11.3 Å². The molecule has 3 rings (SSSR count). The zero-order valence-electron chi connectivity index (χ0n) is 14.9. The van der Waals surface area contributed by atoms with Crippen LogP contribution in [0.5, 0.6) is 0 Å². The van der Waals surface area contributed by atoms with Gasteiger partial charge >= 0.3 is 0 Å². The Bertz CT molecular complexity index is 1150. The molecule has 0 aliphatic rings. The minimum absolute atomic E-state index is 0.000716. The van der Waals surface area contributed by atoms with Crippen LogP contribution in [0, 0.1) is 5.82 Å². The van der Waals surface area contributed by atoms with Crippen LogP contribution in [0.3, 0.4) is 0 Å². The summed E-state index contributed by atoms with van der Waals surface area (Å²) in [4.78, 5) is 38.9. The summed E-state index contributed by atoms with van der Waals surface area (Å²) < 4.78 is 14.3. The first kappa shape index (κ1) is 19.5. The van der Waals surface area contributed by atoms with Gasteiger partial charge in [0.25, 0.3) is 5.91 Å². The average Bonchev–Trinajstić information content (AvgIpc) is 2.66. The Balaban J connectivity index is 1.91. The number of allylic oxidation sites excluding steroid dienone is 1. The number of pyridine rings is 1. The molecule has 1 amide bonds. The number of H-pyrrole nitrogens is 1. The molecule has 28 heavy (non-hydrogen) atoms. The molecule has 2 N–H and O–H groups in total. The van der Waals surface area contributed by atoms with E-state index in [4.69, 9.17) is 11.6 Å². The van der Waals surface area contributed by atoms with Crippen LogP contribution in [0.15, 0.2) is 53.5 Å². The van der Waals surface area contributed by atoms with E-state index in [2.05, 4.69) is 10.3 Å². The Morgan fingerprint density at radius 1 is 1.21 bits per heavy atom. The quantitative estimate of drug-likeness (QED) is 0.640. The zero-order valence-corrected chi connectivity index (χ0v) is 15.6. The number of fused-ring (bicyclic) bond motifs is 1. The molecule has 7 heteroatoms. The Kier molecular flexibility index (Phi) is 5.70. The second-order valence-corrected chi connectivity index (χ2v) is 6.65. The molecule has 0 atom stereocenters. The van der Waals surface area contributed by atoms with E-state index >= 15 is 0 Å². The Hall–Kier alpha value is -3.25. The van der Waals surface area contributed by atoms with Crippen molar-refractivity contribution in [2.24, 2.45) is 0 Å². The molecule has 1 heterocycles. The number of amides is 1. The Morgan fingerprint density at radius 3 is 2.61 bits per heavy atom. The van der Waals surface area contributed by atoms with E-state index in [0.29, 0.717) is 10.6 Å². The van der Waals surface area contributed by atoms with Gasteiger partial charge < -0.3 is 10.3 Å². The summed E-state index contributed by atoms with van der Waals surface area (Å²) in [5, 5.41) is 3.27. The van der Waals surface area contributed by atoms with Gasteiger partial charge in [0, 0.05) is 23.2 Å². The summed E-state index contributed by atoms with van der Waals surface area (Å²) >= 11 is 5.82. The van der Waals surface area contributed by atoms with Crippen molar-refractivity contribution in [3.05, 3.63) is 86.4 Å². The fourth-order valence-electron chi connectivity index (χ4n) is 2.67. The number of carbonyl (C=O) groups excluding carboxylic acids is 2. The third kappa shape index (κ3) is 4.35. The lowest BCUT2D eigenvalue weighted by Gasteiger charge is -2.07. The number of hydrogen-bond donors (Lipinski definition) is 2. The molecule has 0 spiro atoms. The van der Waals surface area contributed by atoms with Gasteiger partial charge in [0.2, 0.25) is 5.43 Å². The largest absolute Gasteiger partial charge is 0.358 e. The van der Waals surface area contributed by atoms with Gasteiger partial charge in [-0.3, -0.25) is 14.4 Å². The maximum absolute atomic E-state index is 14.3. The van der Waals surface area contributed by atoms with Crippen molar-refractivity contribution in [2.75, 3.05) is 0 Å². The van der Waals surface area contributed by atoms with Gasteiger partial charge in [0.05, 0.1) is 5.52 Å². The molecule has 0 fully saturated rings. The first-order chi connectivity index (χ1) is 13.3. The highest BCUT2D eigenvalue weighted by Gasteiger charge is 2.15. The van der Waals surface area contributed by atoms with Crippen LogP contribution in [0.4, 0.5) is 4.39 Å². The highest BCUT2D eigenvalue weighted by atomic mass is 35.5. The van der Waals surface area contributed by atoms with Gasteiger partial charge in [0.1, 0.15) is 11.4 Å². The van der Waals surface area contributed by atoms with Crippen LogP contribution in [0.2, 0.25) is 5.02 Å². The molecule has 0 radical (unpaired) electrons. The summed E-state index contributed by atoms with van der Waals surface area (Å²) in [6.07, 6.45) is 3.88. The van der Waals surface area contributed by atoms with E-state index < -0.39 is 17.2 Å². The number of nitrogens with one attached hydrogen (secondary N) is 2. The lowest BCUT2D eigenvalue weighted by molar-refractivity contribution is -0.112. The summed E-state index contributed by atoms with van der Waals surface area (Å²) in [5.41, 5.74) is 0.439. The van der Waals surface area contributed by atoms with Crippen molar-refractivity contribution in [3.8, 4) is 0 Å². The topological polar surface area (TPSA) is 79.0 Å². The molecule has 142 valence electrons. The first-order valence-corrected chi connectivity index (χ1v) is 8.79. The van der Waals surface area contributed by atoms with Crippen molar-refractivity contribution in [3.63, 3.8) is 0 Å². The minimum Gasteiger partial charge on any atom is -0.358 e. The van der Waals surface area contributed by atoms with Crippen molar-refractivity contribution in [1.29, 1.82) is 0 Å². The number of hydrogen-bond acceptors (Lipinski definition) is 3. The zero-order chi connectivity index (χ0) is 20.3. The first-order valence-electron chi connectivity index (χ1n) is 8.41. The molecule has 0 aliphatic heterocycles. The lowest BCUT2D eigenvalue weighted by atomic mass is 10.1. The second kappa shape index (κ2) is 8.19. The fraction of sp³-hybridized carbons (Fsp3) is 0.0952. The molecule has 0 unspecified atom stereocenters. The van der Waals surface area contributed by atoms with Gasteiger partial charge in [-0.1, -0.05) is 29.8 Å². The molecule has 3 aromatic rings. The highest BCUT2D eigenvalue weighted by Crippen LogP contribution is 2.17. The normalized spacial score (nSPS) is 11.1. The van der Waals surface area contributed by atoms with Crippen molar-refractivity contribution >= 4 is 40.3 Å². The molecule has 5 nitrogen and oxygen atoms in total. The molecule has 1 aromatic heterocycles.